The summed E-state index contributed by atoms with van der Waals surface area (Å²) in [7, 11) is 5.34. The number of carbonyl (C=O) groups excluding carboxylic acids is 2. The molecule has 2 aliphatic heterocycles. The molecule has 2 aromatic carbocycles. The third-order valence-electron chi connectivity index (χ3n) is 14.9. The van der Waals surface area contributed by atoms with Crippen molar-refractivity contribution in [1.82, 2.24) is 35.5 Å². The molecule has 2 aromatic heterocycles. The fourth-order valence-electron chi connectivity index (χ4n) is 9.88. The molecule has 4 heterocycles. The zero-order valence-electron chi connectivity index (χ0n) is 48.4. The first-order chi connectivity index (χ1) is 37.5. The van der Waals surface area contributed by atoms with E-state index in [9.17, 15) is 29.4 Å². The number of nitrogens with zero attached hydrogens (tertiary/aromatic N) is 6. The number of nitrogens with one attached hydrogen (secondary N) is 2. The molecule has 10 atom stereocenters. The third kappa shape index (κ3) is 18.5. The summed E-state index contributed by atoms with van der Waals surface area (Å²) in [6.07, 6.45) is 8.86. The maximum absolute atomic E-state index is 12.2. The molecule has 0 bridgehead atoms. The predicted octanol–water partition coefficient (Wildman–Crippen LogP) is 9.51. The smallest absolute Gasteiger partial charge is 0.408 e. The van der Waals surface area contributed by atoms with Gasteiger partial charge in [0.15, 0.2) is 5.69 Å². The van der Waals surface area contributed by atoms with Crippen LogP contribution in [0.15, 0.2) is 36.4 Å². The van der Waals surface area contributed by atoms with Crippen molar-refractivity contribution in [1.29, 1.82) is 0 Å². The molecule has 4 N–H and O–H groups in total. The number of likely N-dealkylation sites (N-methyl/N-ethyl adjacent to an activating group) is 1. The number of aromatic nitrogens is 4. The molecule has 0 unspecified atom stereocenters. The number of fused-ring (bicyclic) bond motifs is 2. The Labute approximate surface area is 495 Å². The second-order valence-corrected chi connectivity index (χ2v) is 23.8. The van der Waals surface area contributed by atoms with Crippen LogP contribution in [-0.2, 0) is 58.2 Å². The van der Waals surface area contributed by atoms with Crippen LogP contribution in [0.3, 0.4) is 0 Å². The number of aryl methyl sites for hydroxylation is 1. The number of alkyl carbamates (subject to hydrolysis) is 2. The van der Waals surface area contributed by atoms with Crippen molar-refractivity contribution in [3.05, 3.63) is 53.1 Å². The van der Waals surface area contributed by atoms with E-state index in [1.54, 1.807) is 55.8 Å². The summed E-state index contributed by atoms with van der Waals surface area (Å²) in [5.41, 5.74) is 3.15. The molecule has 433 valence electrons. The van der Waals surface area contributed by atoms with Gasteiger partial charge in [-0.1, -0.05) is 67.2 Å². The van der Waals surface area contributed by atoms with E-state index in [4.69, 9.17) is 48.4 Å². The minimum Gasteiger partial charge on any atom is -0.657 e. The first-order valence-electron chi connectivity index (χ1n) is 27.8. The molecule has 2 saturated carbocycles. The van der Waals surface area contributed by atoms with Crippen LogP contribution < -0.4 is 29.6 Å². The fourth-order valence-corrected chi connectivity index (χ4v) is 9.88. The van der Waals surface area contributed by atoms with Crippen molar-refractivity contribution in [2.45, 2.75) is 181 Å². The first kappa shape index (κ1) is 63.6. The van der Waals surface area contributed by atoms with Gasteiger partial charge in [-0.15, -0.1) is 12.6 Å². The number of ether oxygens (including phenoxy) is 6. The van der Waals surface area contributed by atoms with E-state index in [-0.39, 0.29) is 63.0 Å². The van der Waals surface area contributed by atoms with E-state index >= 15 is 0 Å². The summed E-state index contributed by atoms with van der Waals surface area (Å²) in [5, 5.41) is 28.3. The molecule has 4 aromatic rings. The monoisotopic (exact) mass is 1180 g/mol. The SMILES string of the molecule is COc1ccc2nc(C#CCCC[C@@H]3C[C@H]3OC(=O)N[C@H](C(=O)O)C(C)(C)C)c(O[C@@H]3C[C@@H](C)N(C)C3)nc2c1.COc1ccc2nc(CCCCC[C@@H]3C[C@H]3OC(=O)N[C@H](C(=O)O)C(C)(C)C)c(O[C@H]3C[N-][C@H](C)C3)nc2c1.[Y]. The van der Waals surface area contributed by atoms with Crippen LogP contribution in [0.2, 0.25) is 0 Å². The molecule has 4 fully saturated rings. The van der Waals surface area contributed by atoms with Crippen LogP contribution in [0, 0.1) is 34.5 Å². The van der Waals surface area contributed by atoms with E-state index < -0.39 is 47.0 Å². The van der Waals surface area contributed by atoms with E-state index in [0.29, 0.717) is 59.7 Å². The van der Waals surface area contributed by atoms with Crippen LogP contribution >= 0.6 is 0 Å². The zero-order valence-corrected chi connectivity index (χ0v) is 51.2. The van der Waals surface area contributed by atoms with E-state index in [2.05, 4.69) is 53.6 Å². The van der Waals surface area contributed by atoms with Crippen LogP contribution in [0.4, 0.5) is 9.59 Å². The van der Waals surface area contributed by atoms with Gasteiger partial charge >= 0.3 is 24.1 Å². The number of unbranched alkanes of at least 4 members (excludes halogenated alkanes) is 3. The number of likely N-dealkylation sites (tertiary alicyclic amines) is 1. The maximum atomic E-state index is 12.2. The van der Waals surface area contributed by atoms with Gasteiger partial charge in [0.2, 0.25) is 11.8 Å². The van der Waals surface area contributed by atoms with Gasteiger partial charge in [-0.25, -0.2) is 39.1 Å². The van der Waals surface area contributed by atoms with Gasteiger partial charge in [0.25, 0.3) is 0 Å². The number of rotatable bonds is 21. The number of carboxylic acids is 2. The van der Waals surface area contributed by atoms with Gasteiger partial charge < -0.3 is 54.6 Å². The molecule has 2 saturated heterocycles. The summed E-state index contributed by atoms with van der Waals surface area (Å²) in [6.45, 7) is 16.4. The van der Waals surface area contributed by atoms with E-state index in [0.717, 1.165) is 105 Å². The summed E-state index contributed by atoms with van der Waals surface area (Å²) < 4.78 is 34.1. The quantitative estimate of drug-likeness (QED) is 0.0447. The second-order valence-electron chi connectivity index (χ2n) is 23.8. The second kappa shape index (κ2) is 28.4. The molecule has 8 rings (SSSR count). The van der Waals surface area contributed by atoms with Crippen molar-refractivity contribution >= 4 is 46.2 Å². The van der Waals surface area contributed by atoms with Crippen LogP contribution in [0.5, 0.6) is 23.3 Å². The van der Waals surface area contributed by atoms with Crippen LogP contribution in [-0.4, -0.2) is 142 Å². The molecule has 1 radical (unpaired) electrons. The molecule has 4 aliphatic rings. The van der Waals surface area contributed by atoms with Crippen molar-refractivity contribution in [3.63, 3.8) is 0 Å². The Bertz CT molecular complexity index is 2840. The Kier molecular flexibility index (Phi) is 22.6. The normalized spacial score (nSPS) is 22.9. The van der Waals surface area contributed by atoms with E-state index in [1.165, 1.54) is 0 Å². The van der Waals surface area contributed by atoms with Gasteiger partial charge in [0.05, 0.1) is 42.4 Å². The van der Waals surface area contributed by atoms with Crippen molar-refractivity contribution in [2.24, 2.45) is 22.7 Å². The zero-order chi connectivity index (χ0) is 57.2. The summed E-state index contributed by atoms with van der Waals surface area (Å²) in [6, 6.07) is 9.96. The van der Waals surface area contributed by atoms with E-state index in [1.807, 2.05) is 36.4 Å². The topological polar surface area (TPSA) is 257 Å². The molecule has 20 nitrogen and oxygen atoms in total. The van der Waals surface area contributed by atoms with Gasteiger partial charge in [0, 0.05) is 70.3 Å². The Morgan fingerprint density at radius 2 is 1.24 bits per heavy atom. The molecule has 80 heavy (non-hydrogen) atoms. The largest absolute Gasteiger partial charge is 0.657 e. The number of methoxy groups -OCH3 is 2. The molecular weight excluding hydrogens is 1100 g/mol. The average Bonchev–Trinajstić information content (AvgIpc) is 4.24. The number of carboxylic acid groups (broad SMARTS) is 2. The summed E-state index contributed by atoms with van der Waals surface area (Å²) >= 11 is 0. The number of hydrogen-bond acceptors (Lipinski definition) is 15. The van der Waals surface area contributed by atoms with Gasteiger partial charge in [-0.05, 0) is 118 Å². The van der Waals surface area contributed by atoms with Crippen molar-refractivity contribution < 1.29 is 90.5 Å². The average molecular weight is 1180 g/mol. The Balaban J connectivity index is 0.000000255. The minimum atomic E-state index is -1.08. The summed E-state index contributed by atoms with van der Waals surface area (Å²) in [5.74, 6) is 7.30. The molecule has 0 spiro atoms. The molecule has 2 amide bonds. The van der Waals surface area contributed by atoms with Gasteiger partial charge in [-0.2, -0.15) is 0 Å². The van der Waals surface area contributed by atoms with Gasteiger partial charge in [0.1, 0.15) is 47.6 Å². The third-order valence-corrected chi connectivity index (χ3v) is 14.9. The fraction of sp³-hybridized carbons (Fsp3) is 0.627. The van der Waals surface area contributed by atoms with Crippen molar-refractivity contribution in [2.75, 3.05) is 34.4 Å². The van der Waals surface area contributed by atoms with Crippen molar-refractivity contribution in [3.8, 4) is 35.1 Å². The Morgan fingerprint density at radius 1 is 0.700 bits per heavy atom. The Morgan fingerprint density at radius 3 is 1.74 bits per heavy atom. The Hall–Kier alpha value is -5.62. The number of carbonyl (C=O) groups is 4. The standard InChI is InChI=1S/C30H40N4O6.C29H41N4O6.Y/c1-18-14-21(17-34(18)5)39-27-23(31-22-13-12-20(38-6)16-24(22)32-27)11-9-7-8-10-19-15-25(19)40-29(37)33-26(28(35)36)30(2,3)4;1-17-13-20(16-30-17)38-26-22(31-21-12-11-19(37-5)15-23(21)32-26)10-8-6-7-9-18-14-24(18)39-28(36)33-25(27(34)35)29(2,3)4;/h12-13,16,18-19,21,25-26H,7-8,10,14-15,17H2,1-6H3,(H,33,37)(H,35,36);11-12,15,17-18,20,24-25H,6-10,13-14,16H2,1-5H3,(H,33,36)(H,34,35);/q;-1;/t18-,19-,21-,25-,26-;17-,18-,20-,24-,25-;/m11./s1. The molecule has 21 heteroatoms. The number of amides is 2. The molecular formula is C59H81N8O12Y-. The summed E-state index contributed by atoms with van der Waals surface area (Å²) in [4.78, 5) is 68.8. The molecule has 2 aliphatic carbocycles. The van der Waals surface area contributed by atoms with Crippen LogP contribution in [0.1, 0.15) is 137 Å². The number of hydrogen-bond donors (Lipinski definition) is 4. The van der Waals surface area contributed by atoms with Crippen LogP contribution in [0.25, 0.3) is 27.4 Å². The minimum absolute atomic E-state index is 0. The maximum Gasteiger partial charge on any atom is 0.408 e. The predicted molar refractivity (Wildman–Crippen MR) is 298 cm³/mol. The van der Waals surface area contributed by atoms with Gasteiger partial charge in [-0.3, -0.25) is 4.90 Å². The number of benzene rings is 2. The first-order valence-corrected chi connectivity index (χ1v) is 27.8. The number of aliphatic carboxylic acids is 2.